The summed E-state index contributed by atoms with van der Waals surface area (Å²) in [6.07, 6.45) is 1.79. The highest BCUT2D eigenvalue weighted by Crippen LogP contribution is 2.27. The molecule has 3 aromatic rings. The molecule has 0 atom stereocenters. The predicted octanol–water partition coefficient (Wildman–Crippen LogP) is 5.52. The smallest absolute Gasteiger partial charge is 0.220 e. The molecule has 0 aliphatic rings. The van der Waals surface area contributed by atoms with Crippen LogP contribution in [0.15, 0.2) is 53.9 Å². The number of thiazole rings is 1. The molecule has 0 fully saturated rings. The molecular formula is C21H20Cl2N2O2S. The summed E-state index contributed by atoms with van der Waals surface area (Å²) in [4.78, 5) is 16.6. The minimum absolute atomic E-state index is 0.0246. The third-order valence-electron chi connectivity index (χ3n) is 3.96. The van der Waals surface area contributed by atoms with Crippen LogP contribution >= 0.6 is 34.5 Å². The zero-order chi connectivity index (χ0) is 19.8. The fourth-order valence-electron chi connectivity index (χ4n) is 2.57. The summed E-state index contributed by atoms with van der Waals surface area (Å²) in [7, 11) is 0. The average Bonchev–Trinajstić information content (AvgIpc) is 3.13. The maximum atomic E-state index is 12.0. The Morgan fingerprint density at radius 1 is 1.14 bits per heavy atom. The van der Waals surface area contributed by atoms with Crippen molar-refractivity contribution in [1.29, 1.82) is 0 Å². The van der Waals surface area contributed by atoms with Crippen LogP contribution in [0.4, 0.5) is 0 Å². The van der Waals surface area contributed by atoms with E-state index >= 15 is 0 Å². The third kappa shape index (κ3) is 6.51. The molecule has 146 valence electrons. The van der Waals surface area contributed by atoms with E-state index in [2.05, 4.69) is 22.4 Å². The fraction of sp³-hybridized carbons (Fsp3) is 0.238. The molecule has 7 heteroatoms. The molecule has 1 heterocycles. The number of carbonyl (C=O) groups is 1. The topological polar surface area (TPSA) is 51.2 Å². The molecule has 1 amide bonds. The summed E-state index contributed by atoms with van der Waals surface area (Å²) in [5, 5.41) is 6.96. The van der Waals surface area contributed by atoms with Gasteiger partial charge in [-0.15, -0.1) is 11.3 Å². The largest absolute Gasteiger partial charge is 0.492 e. The van der Waals surface area contributed by atoms with Crippen LogP contribution in [0, 0.1) is 0 Å². The summed E-state index contributed by atoms with van der Waals surface area (Å²) in [6.45, 7) is 0.848. The Balaban J connectivity index is 1.35. The second kappa shape index (κ2) is 10.5. The van der Waals surface area contributed by atoms with Gasteiger partial charge in [0.1, 0.15) is 5.75 Å². The number of benzene rings is 2. The maximum absolute atomic E-state index is 12.0. The molecule has 2 aromatic carbocycles. The van der Waals surface area contributed by atoms with Gasteiger partial charge in [-0.05, 0) is 30.2 Å². The average molecular weight is 435 g/mol. The van der Waals surface area contributed by atoms with Gasteiger partial charge in [0.25, 0.3) is 0 Å². The summed E-state index contributed by atoms with van der Waals surface area (Å²) < 4.78 is 5.58. The van der Waals surface area contributed by atoms with E-state index in [-0.39, 0.29) is 5.91 Å². The van der Waals surface area contributed by atoms with Gasteiger partial charge in [-0.2, -0.15) is 0 Å². The van der Waals surface area contributed by atoms with Gasteiger partial charge in [0.05, 0.1) is 28.9 Å². The Bertz CT molecular complexity index is 916. The van der Waals surface area contributed by atoms with Crippen LogP contribution in [0.1, 0.15) is 29.1 Å². The van der Waals surface area contributed by atoms with E-state index in [1.807, 2.05) is 23.6 Å². The fourth-order valence-corrected chi connectivity index (χ4v) is 3.86. The number of halogens is 2. The lowest BCUT2D eigenvalue weighted by molar-refractivity contribution is -0.121. The first-order chi connectivity index (χ1) is 13.6. The van der Waals surface area contributed by atoms with Gasteiger partial charge in [-0.25, -0.2) is 4.98 Å². The van der Waals surface area contributed by atoms with E-state index in [0.717, 1.165) is 17.1 Å². The molecule has 0 saturated heterocycles. The molecule has 0 bridgehead atoms. The van der Waals surface area contributed by atoms with Crippen LogP contribution in [0.2, 0.25) is 10.0 Å². The highest BCUT2D eigenvalue weighted by molar-refractivity contribution is 7.09. The number of aromatic nitrogens is 1. The predicted molar refractivity (Wildman–Crippen MR) is 114 cm³/mol. The van der Waals surface area contributed by atoms with E-state index in [1.54, 1.807) is 29.5 Å². The molecular weight excluding hydrogens is 415 g/mol. The second-order valence-corrected chi connectivity index (χ2v) is 7.98. The number of hydrogen-bond donors (Lipinski definition) is 1. The molecule has 4 nitrogen and oxygen atoms in total. The number of ether oxygens (including phenoxy) is 1. The molecule has 1 aromatic heterocycles. The van der Waals surface area contributed by atoms with Gasteiger partial charge in [0, 0.05) is 23.2 Å². The van der Waals surface area contributed by atoms with Crippen molar-refractivity contribution < 1.29 is 9.53 Å². The van der Waals surface area contributed by atoms with Gasteiger partial charge >= 0.3 is 0 Å². The first-order valence-corrected chi connectivity index (χ1v) is 10.6. The number of amides is 1. The third-order valence-corrected chi connectivity index (χ3v) is 5.39. The first-order valence-electron chi connectivity index (χ1n) is 8.92. The number of hydrogen-bond acceptors (Lipinski definition) is 4. The van der Waals surface area contributed by atoms with Crippen molar-refractivity contribution in [3.05, 3.63) is 80.2 Å². The van der Waals surface area contributed by atoms with E-state index in [9.17, 15) is 4.79 Å². The number of nitrogens with zero attached hydrogens (tertiary/aromatic N) is 1. The molecule has 0 radical (unpaired) electrons. The van der Waals surface area contributed by atoms with Crippen molar-refractivity contribution in [3.8, 4) is 5.75 Å². The lowest BCUT2D eigenvalue weighted by Gasteiger charge is -2.08. The minimum Gasteiger partial charge on any atom is -0.492 e. The molecule has 28 heavy (non-hydrogen) atoms. The van der Waals surface area contributed by atoms with Crippen molar-refractivity contribution in [1.82, 2.24) is 10.3 Å². The van der Waals surface area contributed by atoms with Crippen molar-refractivity contribution in [2.24, 2.45) is 0 Å². The summed E-state index contributed by atoms with van der Waals surface area (Å²) in [5.74, 6) is 0.545. The van der Waals surface area contributed by atoms with E-state index < -0.39 is 0 Å². The van der Waals surface area contributed by atoms with Gasteiger partial charge in [-0.1, -0.05) is 53.5 Å². The Labute approximate surface area is 178 Å². The van der Waals surface area contributed by atoms with E-state index in [0.29, 0.717) is 41.8 Å². The Morgan fingerprint density at radius 2 is 1.96 bits per heavy atom. The zero-order valence-electron chi connectivity index (χ0n) is 15.2. The maximum Gasteiger partial charge on any atom is 0.220 e. The Hall–Kier alpha value is -2.08. The summed E-state index contributed by atoms with van der Waals surface area (Å²) in [5.41, 5.74) is 2.11. The van der Waals surface area contributed by atoms with Crippen molar-refractivity contribution >= 4 is 40.4 Å². The number of rotatable bonds is 9. The standard InChI is InChI=1S/C21H20Cl2N2O2S/c22-16-8-9-19(18(23)12-16)27-10-4-7-20(26)24-13-17-14-28-21(25-17)11-15-5-2-1-3-6-15/h1-3,5-6,8-9,12,14H,4,7,10-11,13H2,(H,24,26). The quantitative estimate of drug-likeness (QED) is 0.451. The lowest BCUT2D eigenvalue weighted by atomic mass is 10.2. The molecule has 0 aliphatic heterocycles. The minimum atomic E-state index is -0.0246. The van der Waals surface area contributed by atoms with Crippen LogP contribution in [0.3, 0.4) is 0 Å². The van der Waals surface area contributed by atoms with Crippen LogP contribution in [0.25, 0.3) is 0 Å². The van der Waals surface area contributed by atoms with Gasteiger partial charge < -0.3 is 10.1 Å². The van der Waals surface area contributed by atoms with Gasteiger partial charge in [-0.3, -0.25) is 4.79 Å². The molecule has 0 saturated carbocycles. The van der Waals surface area contributed by atoms with Crippen molar-refractivity contribution in [3.63, 3.8) is 0 Å². The van der Waals surface area contributed by atoms with E-state index in [4.69, 9.17) is 27.9 Å². The summed E-state index contributed by atoms with van der Waals surface area (Å²) >= 11 is 13.5. The highest BCUT2D eigenvalue weighted by Gasteiger charge is 2.07. The number of carbonyl (C=O) groups excluding carboxylic acids is 1. The lowest BCUT2D eigenvalue weighted by Crippen LogP contribution is -2.23. The molecule has 0 aliphatic carbocycles. The second-order valence-electron chi connectivity index (χ2n) is 6.20. The molecule has 1 N–H and O–H groups in total. The van der Waals surface area contributed by atoms with E-state index in [1.165, 1.54) is 5.56 Å². The summed E-state index contributed by atoms with van der Waals surface area (Å²) in [6, 6.07) is 15.3. The molecule has 3 rings (SSSR count). The van der Waals surface area contributed by atoms with Crippen LogP contribution in [0.5, 0.6) is 5.75 Å². The molecule has 0 spiro atoms. The van der Waals surface area contributed by atoms with Crippen molar-refractivity contribution in [2.45, 2.75) is 25.8 Å². The van der Waals surface area contributed by atoms with Gasteiger partial charge in [0.2, 0.25) is 5.91 Å². The first kappa shape index (κ1) is 20.6. The molecule has 0 unspecified atom stereocenters. The monoisotopic (exact) mass is 434 g/mol. The normalized spacial score (nSPS) is 10.6. The Morgan fingerprint density at radius 3 is 2.75 bits per heavy atom. The SMILES string of the molecule is O=C(CCCOc1ccc(Cl)cc1Cl)NCc1csc(Cc2ccccc2)n1. The number of nitrogens with one attached hydrogen (secondary N) is 1. The zero-order valence-corrected chi connectivity index (χ0v) is 17.5. The van der Waals surface area contributed by atoms with Crippen LogP contribution in [-0.2, 0) is 17.8 Å². The van der Waals surface area contributed by atoms with Crippen LogP contribution < -0.4 is 10.1 Å². The Kier molecular flexibility index (Phi) is 7.71. The highest BCUT2D eigenvalue weighted by atomic mass is 35.5. The van der Waals surface area contributed by atoms with Crippen LogP contribution in [-0.4, -0.2) is 17.5 Å². The van der Waals surface area contributed by atoms with Gasteiger partial charge in [0.15, 0.2) is 0 Å². The van der Waals surface area contributed by atoms with Crippen molar-refractivity contribution in [2.75, 3.05) is 6.61 Å².